The number of hydrogen-bond donors (Lipinski definition) is 2. The average molecular weight is 401 g/mol. The maximum Gasteiger partial charge on any atom is 0.258 e. The minimum Gasteiger partial charge on any atom is -0.321 e. The summed E-state index contributed by atoms with van der Waals surface area (Å²) in [5.74, 6) is 0. The number of fused-ring (bicyclic) bond motifs is 1. The Morgan fingerprint density at radius 1 is 0.931 bits per heavy atom. The fourth-order valence-electron chi connectivity index (χ4n) is 3.82. The van der Waals surface area contributed by atoms with E-state index in [1.807, 2.05) is 60.7 Å². The summed E-state index contributed by atoms with van der Waals surface area (Å²) >= 11 is 6.01. The Morgan fingerprint density at radius 2 is 1.69 bits per heavy atom. The van der Waals surface area contributed by atoms with E-state index in [1.54, 1.807) is 12.4 Å². The van der Waals surface area contributed by atoms with Gasteiger partial charge in [0.05, 0.1) is 17.3 Å². The van der Waals surface area contributed by atoms with Crippen LogP contribution in [-0.4, -0.2) is 15.7 Å². The summed E-state index contributed by atoms with van der Waals surface area (Å²) < 4.78 is 0. The average Bonchev–Trinajstić information content (AvgIpc) is 3.23. The van der Waals surface area contributed by atoms with Crippen molar-refractivity contribution >= 4 is 28.2 Å². The molecule has 2 aromatic carbocycles. The maximum absolute atomic E-state index is 13.1. The van der Waals surface area contributed by atoms with Gasteiger partial charge in [0.1, 0.15) is 0 Å². The molecule has 0 saturated carbocycles. The lowest BCUT2D eigenvalue weighted by molar-refractivity contribution is 0.620. The summed E-state index contributed by atoms with van der Waals surface area (Å²) in [7, 11) is 0. The van der Waals surface area contributed by atoms with Gasteiger partial charge in [0.2, 0.25) is 0 Å². The molecule has 5 nitrogen and oxygen atoms in total. The summed E-state index contributed by atoms with van der Waals surface area (Å²) in [5, 5.41) is 6.21. The van der Waals surface area contributed by atoms with Gasteiger partial charge in [0.25, 0.3) is 5.56 Å². The van der Waals surface area contributed by atoms with Crippen molar-refractivity contribution < 1.29 is 0 Å². The molecule has 5 rings (SSSR count). The van der Waals surface area contributed by atoms with Crippen LogP contribution in [0.2, 0.25) is 5.02 Å². The SMILES string of the molecule is O=c1[nH]c2ccccc2c(-c2ccncc2)c1C1=NNC(c2ccc(Cl)cc2)C1. The second-order valence-electron chi connectivity index (χ2n) is 6.98. The van der Waals surface area contributed by atoms with Crippen LogP contribution in [0.3, 0.4) is 0 Å². The van der Waals surface area contributed by atoms with Crippen molar-refractivity contribution in [1.29, 1.82) is 0 Å². The molecule has 6 heteroatoms. The van der Waals surface area contributed by atoms with Gasteiger partial charge in [-0.1, -0.05) is 41.9 Å². The summed E-state index contributed by atoms with van der Waals surface area (Å²) in [6.07, 6.45) is 4.09. The third-order valence-corrected chi connectivity index (χ3v) is 5.46. The van der Waals surface area contributed by atoms with Gasteiger partial charge in [0, 0.05) is 40.3 Å². The van der Waals surface area contributed by atoms with Crippen molar-refractivity contribution in [3.63, 3.8) is 0 Å². The first kappa shape index (κ1) is 17.6. The van der Waals surface area contributed by atoms with E-state index in [0.29, 0.717) is 17.0 Å². The zero-order valence-corrected chi connectivity index (χ0v) is 16.1. The first-order valence-electron chi connectivity index (χ1n) is 9.34. The van der Waals surface area contributed by atoms with Crippen LogP contribution in [-0.2, 0) is 0 Å². The highest BCUT2D eigenvalue weighted by atomic mass is 35.5. The largest absolute Gasteiger partial charge is 0.321 e. The van der Waals surface area contributed by atoms with E-state index >= 15 is 0 Å². The fourth-order valence-corrected chi connectivity index (χ4v) is 3.95. The molecule has 0 radical (unpaired) electrons. The molecule has 2 N–H and O–H groups in total. The lowest BCUT2D eigenvalue weighted by atomic mass is 9.91. The Balaban J connectivity index is 1.65. The first-order valence-corrected chi connectivity index (χ1v) is 9.72. The molecule has 4 aromatic rings. The highest BCUT2D eigenvalue weighted by Gasteiger charge is 2.26. The molecule has 0 bridgehead atoms. The minimum atomic E-state index is -0.146. The molecule has 3 heterocycles. The molecule has 29 heavy (non-hydrogen) atoms. The van der Waals surface area contributed by atoms with Crippen LogP contribution in [0, 0.1) is 0 Å². The predicted molar refractivity (Wildman–Crippen MR) is 116 cm³/mol. The maximum atomic E-state index is 13.1. The lowest BCUT2D eigenvalue weighted by Crippen LogP contribution is -2.20. The number of nitrogens with zero attached hydrogens (tertiary/aromatic N) is 2. The molecular formula is C23H17ClN4O. The number of pyridine rings is 2. The number of aromatic amines is 1. The van der Waals surface area contributed by atoms with E-state index in [4.69, 9.17) is 11.6 Å². The van der Waals surface area contributed by atoms with Gasteiger partial charge < -0.3 is 10.4 Å². The Labute approximate surface area is 172 Å². The van der Waals surface area contributed by atoms with Gasteiger partial charge >= 0.3 is 0 Å². The molecule has 1 aliphatic rings. The van der Waals surface area contributed by atoms with Gasteiger partial charge in [-0.3, -0.25) is 9.78 Å². The van der Waals surface area contributed by atoms with Crippen LogP contribution in [0.25, 0.3) is 22.0 Å². The van der Waals surface area contributed by atoms with Crippen molar-refractivity contribution in [3.8, 4) is 11.1 Å². The van der Waals surface area contributed by atoms with E-state index in [1.165, 1.54) is 0 Å². The lowest BCUT2D eigenvalue weighted by Gasteiger charge is -2.13. The van der Waals surface area contributed by atoms with Gasteiger partial charge in [0.15, 0.2) is 0 Å². The second-order valence-corrected chi connectivity index (χ2v) is 7.42. The fraction of sp³-hybridized carbons (Fsp3) is 0.0870. The van der Waals surface area contributed by atoms with Crippen molar-refractivity contribution in [2.45, 2.75) is 12.5 Å². The number of hydrazone groups is 1. The Kier molecular flexibility index (Phi) is 4.37. The monoisotopic (exact) mass is 400 g/mol. The predicted octanol–water partition coefficient (Wildman–Crippen LogP) is 4.68. The Morgan fingerprint density at radius 3 is 2.48 bits per heavy atom. The highest BCUT2D eigenvalue weighted by Crippen LogP contribution is 2.33. The number of H-pyrrole nitrogens is 1. The quantitative estimate of drug-likeness (QED) is 0.524. The van der Waals surface area contributed by atoms with E-state index in [0.717, 1.165) is 33.3 Å². The van der Waals surface area contributed by atoms with Crippen LogP contribution in [0.5, 0.6) is 0 Å². The van der Waals surface area contributed by atoms with Crippen molar-refractivity contribution in [3.05, 3.63) is 99.6 Å². The first-order chi connectivity index (χ1) is 14.2. The molecule has 1 unspecified atom stereocenters. The normalized spacial score (nSPS) is 15.9. The van der Waals surface area contributed by atoms with Crippen molar-refractivity contribution in [2.24, 2.45) is 5.10 Å². The van der Waals surface area contributed by atoms with Crippen LogP contribution in [0.15, 0.2) is 83.0 Å². The molecule has 0 spiro atoms. The topological polar surface area (TPSA) is 70.1 Å². The van der Waals surface area contributed by atoms with Crippen LogP contribution >= 0.6 is 11.6 Å². The second kappa shape index (κ2) is 7.18. The number of para-hydroxylation sites is 1. The smallest absolute Gasteiger partial charge is 0.258 e. The summed E-state index contributed by atoms with van der Waals surface area (Å²) in [6.45, 7) is 0. The zero-order valence-electron chi connectivity index (χ0n) is 15.4. The number of rotatable bonds is 3. The number of aromatic nitrogens is 2. The van der Waals surface area contributed by atoms with Crippen LogP contribution in [0.1, 0.15) is 23.6 Å². The minimum absolute atomic E-state index is 0.00146. The number of halogens is 1. The van der Waals surface area contributed by atoms with Crippen molar-refractivity contribution in [1.82, 2.24) is 15.4 Å². The van der Waals surface area contributed by atoms with Crippen LogP contribution < -0.4 is 11.0 Å². The third-order valence-electron chi connectivity index (χ3n) is 5.20. The Bertz CT molecular complexity index is 1280. The standard InChI is InChI=1S/C23H17ClN4O/c24-16-7-5-14(6-8-16)19-13-20(28-27-19)22-21(15-9-11-25-12-10-15)17-3-1-2-4-18(17)26-23(22)29/h1-12,19,27H,13H2,(H,26,29). The molecule has 0 fully saturated rings. The molecule has 1 aliphatic heterocycles. The van der Waals surface area contributed by atoms with Gasteiger partial charge in [-0.15, -0.1) is 0 Å². The van der Waals surface area contributed by atoms with E-state index in [9.17, 15) is 4.79 Å². The van der Waals surface area contributed by atoms with Crippen LogP contribution in [0.4, 0.5) is 0 Å². The highest BCUT2D eigenvalue weighted by molar-refractivity contribution is 6.30. The van der Waals surface area contributed by atoms with E-state index in [2.05, 4.69) is 20.5 Å². The summed E-state index contributed by atoms with van der Waals surface area (Å²) in [4.78, 5) is 20.2. The van der Waals surface area contributed by atoms with Gasteiger partial charge in [-0.25, -0.2) is 0 Å². The molecular weight excluding hydrogens is 384 g/mol. The molecule has 142 valence electrons. The Hall–Kier alpha value is -3.44. The van der Waals surface area contributed by atoms with E-state index < -0.39 is 0 Å². The number of benzene rings is 2. The molecule has 1 atom stereocenters. The van der Waals surface area contributed by atoms with Gasteiger partial charge in [-0.2, -0.15) is 5.10 Å². The molecule has 2 aromatic heterocycles. The van der Waals surface area contributed by atoms with Gasteiger partial charge in [-0.05, 0) is 41.5 Å². The number of nitrogens with one attached hydrogen (secondary N) is 2. The zero-order chi connectivity index (χ0) is 19.8. The summed E-state index contributed by atoms with van der Waals surface area (Å²) in [5.41, 5.74) is 8.06. The molecule has 0 saturated heterocycles. The molecule has 0 amide bonds. The third kappa shape index (κ3) is 3.19. The number of hydrogen-bond acceptors (Lipinski definition) is 4. The van der Waals surface area contributed by atoms with E-state index in [-0.39, 0.29) is 11.6 Å². The summed E-state index contributed by atoms with van der Waals surface area (Å²) in [6, 6.07) is 19.3. The molecule has 0 aliphatic carbocycles. The van der Waals surface area contributed by atoms with Crippen molar-refractivity contribution in [2.75, 3.05) is 0 Å².